The van der Waals surface area contributed by atoms with E-state index in [9.17, 15) is 0 Å². The van der Waals surface area contributed by atoms with E-state index in [-0.39, 0.29) is 0 Å². The molecule has 0 saturated carbocycles. The standard InChI is InChI=1S/C9H8ClIS/c1-12-9(11)6-7-3-2-4-8(10)5-7/h2-6H,1H3. The van der Waals surface area contributed by atoms with Crippen molar-refractivity contribution in [1.29, 1.82) is 0 Å². The molecule has 0 radical (unpaired) electrons. The molecule has 0 nitrogen and oxygen atoms in total. The van der Waals surface area contributed by atoms with Crippen molar-refractivity contribution in [2.75, 3.05) is 6.26 Å². The Morgan fingerprint density at radius 1 is 1.58 bits per heavy atom. The Morgan fingerprint density at radius 2 is 2.33 bits per heavy atom. The number of benzene rings is 1. The van der Waals surface area contributed by atoms with Crippen LogP contribution in [0.1, 0.15) is 5.56 Å². The zero-order chi connectivity index (χ0) is 8.97. The lowest BCUT2D eigenvalue weighted by molar-refractivity contribution is 1.66. The van der Waals surface area contributed by atoms with E-state index in [1.807, 2.05) is 24.3 Å². The molecular formula is C9H8ClIS. The van der Waals surface area contributed by atoms with Crippen LogP contribution in [0.4, 0.5) is 0 Å². The van der Waals surface area contributed by atoms with Crippen LogP contribution in [-0.2, 0) is 0 Å². The number of halogens is 2. The maximum atomic E-state index is 5.83. The van der Waals surface area contributed by atoms with Gasteiger partial charge in [-0.25, -0.2) is 0 Å². The Labute approximate surface area is 95.5 Å². The van der Waals surface area contributed by atoms with Crippen molar-refractivity contribution < 1.29 is 0 Å². The second-order valence-corrected chi connectivity index (χ2v) is 5.39. The molecule has 0 aliphatic heterocycles. The molecule has 3 heteroatoms. The molecule has 0 N–H and O–H groups in total. The Hall–Kier alpha value is 0.330. The van der Waals surface area contributed by atoms with Gasteiger partial charge in [-0.1, -0.05) is 23.7 Å². The van der Waals surface area contributed by atoms with Crippen molar-refractivity contribution in [2.45, 2.75) is 0 Å². The first-order valence-electron chi connectivity index (χ1n) is 3.39. The molecule has 0 aliphatic carbocycles. The van der Waals surface area contributed by atoms with Gasteiger partial charge in [0, 0.05) is 7.93 Å². The van der Waals surface area contributed by atoms with E-state index in [0.29, 0.717) is 0 Å². The van der Waals surface area contributed by atoms with E-state index in [0.717, 1.165) is 10.6 Å². The van der Waals surface area contributed by atoms with E-state index < -0.39 is 0 Å². The molecule has 0 atom stereocenters. The third kappa shape index (κ3) is 3.37. The zero-order valence-corrected chi connectivity index (χ0v) is 10.3. The first-order valence-corrected chi connectivity index (χ1v) is 6.07. The molecule has 0 amide bonds. The van der Waals surface area contributed by atoms with E-state index in [1.54, 1.807) is 11.8 Å². The summed E-state index contributed by atoms with van der Waals surface area (Å²) >= 11 is 9.86. The molecule has 0 unspecified atom stereocenters. The van der Waals surface area contributed by atoms with Crippen LogP contribution in [0.15, 0.2) is 27.2 Å². The molecule has 1 aromatic carbocycles. The van der Waals surface area contributed by atoms with Gasteiger partial charge in [0.05, 0.1) is 0 Å². The molecular weight excluding hydrogens is 303 g/mol. The van der Waals surface area contributed by atoms with Gasteiger partial charge in [0.15, 0.2) is 0 Å². The quantitative estimate of drug-likeness (QED) is 0.728. The van der Waals surface area contributed by atoms with Gasteiger partial charge in [0.25, 0.3) is 0 Å². The van der Waals surface area contributed by atoms with Crippen molar-refractivity contribution in [3.05, 3.63) is 37.8 Å². The van der Waals surface area contributed by atoms with Crippen LogP contribution in [0.2, 0.25) is 5.02 Å². The highest BCUT2D eigenvalue weighted by Crippen LogP contribution is 2.23. The first kappa shape index (κ1) is 10.4. The maximum absolute atomic E-state index is 5.83. The van der Waals surface area contributed by atoms with Gasteiger partial charge in [0.2, 0.25) is 0 Å². The average Bonchev–Trinajstić information content (AvgIpc) is 2.04. The fraction of sp³-hybridized carbons (Fsp3) is 0.111. The van der Waals surface area contributed by atoms with Crippen LogP contribution < -0.4 is 0 Å². The Balaban J connectivity index is 2.89. The highest BCUT2D eigenvalue weighted by atomic mass is 127. The van der Waals surface area contributed by atoms with E-state index in [4.69, 9.17) is 11.6 Å². The highest BCUT2D eigenvalue weighted by molar-refractivity contribution is 14.1. The smallest absolute Gasteiger partial charge is 0.0460 e. The first-order chi connectivity index (χ1) is 5.72. The summed E-state index contributed by atoms with van der Waals surface area (Å²) in [7, 11) is 0. The molecule has 0 heterocycles. The number of rotatable bonds is 2. The van der Waals surface area contributed by atoms with E-state index in [1.165, 1.54) is 2.91 Å². The van der Waals surface area contributed by atoms with Gasteiger partial charge in [-0.15, -0.1) is 11.8 Å². The van der Waals surface area contributed by atoms with Gasteiger partial charge in [-0.3, -0.25) is 0 Å². The number of hydrogen-bond donors (Lipinski definition) is 0. The third-order valence-electron chi connectivity index (χ3n) is 1.32. The van der Waals surface area contributed by atoms with Gasteiger partial charge < -0.3 is 0 Å². The van der Waals surface area contributed by atoms with Crippen LogP contribution in [0, 0.1) is 0 Å². The largest absolute Gasteiger partial charge is 0.123 e. The minimum atomic E-state index is 0.786. The van der Waals surface area contributed by atoms with Crippen LogP contribution in [0.5, 0.6) is 0 Å². The predicted molar refractivity (Wildman–Crippen MR) is 67.0 cm³/mol. The lowest BCUT2D eigenvalue weighted by Gasteiger charge is -1.95. The summed E-state index contributed by atoms with van der Waals surface area (Å²) in [6, 6.07) is 7.83. The van der Waals surface area contributed by atoms with Gasteiger partial charge >= 0.3 is 0 Å². The fourth-order valence-electron chi connectivity index (χ4n) is 0.786. The Kier molecular flexibility index (Phi) is 4.46. The second-order valence-electron chi connectivity index (χ2n) is 2.21. The SMILES string of the molecule is CSC(I)=Cc1cccc(Cl)c1. The van der Waals surface area contributed by atoms with E-state index >= 15 is 0 Å². The van der Waals surface area contributed by atoms with E-state index in [2.05, 4.69) is 34.9 Å². The summed E-state index contributed by atoms with van der Waals surface area (Å²) in [6.07, 6.45) is 4.17. The topological polar surface area (TPSA) is 0 Å². The highest BCUT2D eigenvalue weighted by Gasteiger charge is 1.91. The molecule has 0 fully saturated rings. The van der Waals surface area contributed by atoms with Crippen LogP contribution in [0.25, 0.3) is 6.08 Å². The zero-order valence-electron chi connectivity index (χ0n) is 6.55. The maximum Gasteiger partial charge on any atom is 0.0460 e. The molecule has 12 heavy (non-hydrogen) atoms. The second kappa shape index (κ2) is 5.14. The summed E-state index contributed by atoms with van der Waals surface area (Å²) in [5, 5.41) is 0.786. The normalized spacial score (nSPS) is 11.8. The molecule has 0 bridgehead atoms. The summed E-state index contributed by atoms with van der Waals surface area (Å²) in [5.74, 6) is 0. The number of thioether (sulfide) groups is 1. The third-order valence-corrected chi connectivity index (χ3v) is 3.70. The number of hydrogen-bond acceptors (Lipinski definition) is 1. The van der Waals surface area contributed by atoms with Crippen molar-refractivity contribution in [2.24, 2.45) is 0 Å². The molecule has 0 aromatic heterocycles. The fourth-order valence-corrected chi connectivity index (χ4v) is 1.60. The molecule has 64 valence electrons. The minimum Gasteiger partial charge on any atom is -0.123 e. The predicted octanol–water partition coefficient (Wildman–Crippen LogP) is 4.44. The minimum absolute atomic E-state index is 0.786. The van der Waals surface area contributed by atoms with Gasteiger partial charge in [-0.05, 0) is 52.6 Å². The van der Waals surface area contributed by atoms with Gasteiger partial charge in [0.1, 0.15) is 0 Å². The summed E-state index contributed by atoms with van der Waals surface area (Å²) in [4.78, 5) is 0. The molecule has 0 spiro atoms. The summed E-state index contributed by atoms with van der Waals surface area (Å²) in [5.41, 5.74) is 1.15. The molecule has 1 aromatic rings. The Morgan fingerprint density at radius 3 is 2.92 bits per heavy atom. The van der Waals surface area contributed by atoms with Crippen LogP contribution in [0.3, 0.4) is 0 Å². The van der Waals surface area contributed by atoms with Crippen molar-refractivity contribution in [3.8, 4) is 0 Å². The lowest BCUT2D eigenvalue weighted by atomic mass is 10.2. The van der Waals surface area contributed by atoms with Crippen molar-refractivity contribution >= 4 is 52.0 Å². The van der Waals surface area contributed by atoms with Crippen molar-refractivity contribution in [3.63, 3.8) is 0 Å². The monoisotopic (exact) mass is 310 g/mol. The lowest BCUT2D eigenvalue weighted by Crippen LogP contribution is -1.71. The van der Waals surface area contributed by atoms with Crippen LogP contribution >= 0.6 is 46.0 Å². The Bertz CT molecular complexity index is 296. The van der Waals surface area contributed by atoms with Crippen LogP contribution in [-0.4, -0.2) is 6.26 Å². The molecule has 0 aliphatic rings. The summed E-state index contributed by atoms with van der Waals surface area (Å²) in [6.45, 7) is 0. The summed E-state index contributed by atoms with van der Waals surface area (Å²) < 4.78 is 1.26. The molecule has 1 rings (SSSR count). The van der Waals surface area contributed by atoms with Crippen molar-refractivity contribution in [1.82, 2.24) is 0 Å². The molecule has 0 saturated heterocycles. The van der Waals surface area contributed by atoms with Gasteiger partial charge in [-0.2, -0.15) is 0 Å². The average molecular weight is 311 g/mol.